The van der Waals surface area contributed by atoms with Crippen molar-refractivity contribution in [3.63, 3.8) is 0 Å². The number of aromatic nitrogens is 1. The van der Waals surface area contributed by atoms with Gasteiger partial charge < -0.3 is 15.1 Å². The highest BCUT2D eigenvalue weighted by atomic mass is 16.2. The van der Waals surface area contributed by atoms with E-state index in [0.29, 0.717) is 32.5 Å². The molecule has 2 aromatic rings. The molecule has 7 heteroatoms. The number of anilines is 2. The first-order valence-corrected chi connectivity index (χ1v) is 9.97. The van der Waals surface area contributed by atoms with E-state index in [-0.39, 0.29) is 36.0 Å². The molecule has 0 spiro atoms. The predicted molar refractivity (Wildman–Crippen MR) is 109 cm³/mol. The summed E-state index contributed by atoms with van der Waals surface area (Å²) in [5.74, 6) is -0.441. The third-order valence-electron chi connectivity index (χ3n) is 5.67. The van der Waals surface area contributed by atoms with Gasteiger partial charge in [-0.2, -0.15) is 0 Å². The molecule has 2 fully saturated rings. The number of carbonyl (C=O) groups is 3. The van der Waals surface area contributed by atoms with Crippen molar-refractivity contribution in [2.75, 3.05) is 29.9 Å². The van der Waals surface area contributed by atoms with Crippen LogP contribution in [-0.4, -0.2) is 47.2 Å². The van der Waals surface area contributed by atoms with E-state index in [0.717, 1.165) is 11.4 Å². The molecule has 0 bridgehead atoms. The molecule has 3 amide bonds. The van der Waals surface area contributed by atoms with Crippen LogP contribution in [0, 0.1) is 11.8 Å². The van der Waals surface area contributed by atoms with Crippen molar-refractivity contribution in [3.8, 4) is 0 Å². The SMILES string of the molecule is O=C(Nc1ccncc1)C1CCN(C(=O)C2CC(=O)N(c3ccccc3)C2)CC1. The molecule has 3 heterocycles. The molecular weight excluding hydrogens is 368 g/mol. The Morgan fingerprint density at radius 2 is 1.66 bits per heavy atom. The van der Waals surface area contributed by atoms with E-state index in [1.54, 1.807) is 29.4 Å². The van der Waals surface area contributed by atoms with Gasteiger partial charge in [-0.25, -0.2) is 0 Å². The number of nitrogens with one attached hydrogen (secondary N) is 1. The smallest absolute Gasteiger partial charge is 0.228 e. The number of carbonyl (C=O) groups excluding carboxylic acids is 3. The van der Waals surface area contributed by atoms with Crippen LogP contribution in [-0.2, 0) is 14.4 Å². The Morgan fingerprint density at radius 3 is 2.34 bits per heavy atom. The second kappa shape index (κ2) is 8.43. The van der Waals surface area contributed by atoms with Gasteiger partial charge in [0.05, 0.1) is 5.92 Å². The first-order valence-electron chi connectivity index (χ1n) is 9.97. The molecule has 2 aliphatic heterocycles. The maximum atomic E-state index is 12.9. The lowest BCUT2D eigenvalue weighted by Crippen LogP contribution is -2.44. The van der Waals surface area contributed by atoms with Crippen molar-refractivity contribution in [2.24, 2.45) is 11.8 Å². The average molecular weight is 392 g/mol. The molecular formula is C22H24N4O3. The number of hydrogen-bond donors (Lipinski definition) is 1. The van der Waals surface area contributed by atoms with Gasteiger partial charge in [-0.15, -0.1) is 0 Å². The second-order valence-electron chi connectivity index (χ2n) is 7.57. The summed E-state index contributed by atoms with van der Waals surface area (Å²) in [6.07, 6.45) is 4.78. The van der Waals surface area contributed by atoms with E-state index in [9.17, 15) is 14.4 Å². The first-order chi connectivity index (χ1) is 14.1. The largest absolute Gasteiger partial charge is 0.342 e. The van der Waals surface area contributed by atoms with Crippen molar-refractivity contribution in [3.05, 3.63) is 54.9 Å². The minimum absolute atomic E-state index is 0.0128. The molecule has 7 nitrogen and oxygen atoms in total. The summed E-state index contributed by atoms with van der Waals surface area (Å²) >= 11 is 0. The molecule has 0 radical (unpaired) electrons. The molecule has 1 aromatic carbocycles. The quantitative estimate of drug-likeness (QED) is 0.866. The fourth-order valence-corrected chi connectivity index (χ4v) is 4.03. The zero-order valence-corrected chi connectivity index (χ0v) is 16.2. The van der Waals surface area contributed by atoms with Crippen molar-refractivity contribution in [2.45, 2.75) is 19.3 Å². The van der Waals surface area contributed by atoms with Gasteiger partial charge in [0.1, 0.15) is 0 Å². The fourth-order valence-electron chi connectivity index (χ4n) is 4.03. The summed E-state index contributed by atoms with van der Waals surface area (Å²) in [4.78, 5) is 45.2. The van der Waals surface area contributed by atoms with Gasteiger partial charge in [0.2, 0.25) is 17.7 Å². The molecule has 2 saturated heterocycles. The Kier molecular flexibility index (Phi) is 5.55. The van der Waals surface area contributed by atoms with Crippen LogP contribution in [0.4, 0.5) is 11.4 Å². The van der Waals surface area contributed by atoms with E-state index in [1.807, 2.05) is 35.2 Å². The number of piperidine rings is 1. The highest BCUT2D eigenvalue weighted by Crippen LogP contribution is 2.28. The van der Waals surface area contributed by atoms with Crippen LogP contribution in [0.15, 0.2) is 54.9 Å². The molecule has 2 aliphatic rings. The Balaban J connectivity index is 1.30. The molecule has 1 N–H and O–H groups in total. The van der Waals surface area contributed by atoms with Crippen LogP contribution in [0.1, 0.15) is 19.3 Å². The van der Waals surface area contributed by atoms with Crippen LogP contribution in [0.25, 0.3) is 0 Å². The predicted octanol–water partition coefficient (Wildman–Crippen LogP) is 2.31. The lowest BCUT2D eigenvalue weighted by Gasteiger charge is -2.33. The van der Waals surface area contributed by atoms with E-state index < -0.39 is 0 Å². The molecule has 1 unspecified atom stereocenters. The summed E-state index contributed by atoms with van der Waals surface area (Å²) in [5.41, 5.74) is 1.56. The number of hydrogen-bond acceptors (Lipinski definition) is 4. The topological polar surface area (TPSA) is 82.6 Å². The van der Waals surface area contributed by atoms with Crippen LogP contribution < -0.4 is 10.2 Å². The first kappa shape index (κ1) is 19.1. The zero-order valence-electron chi connectivity index (χ0n) is 16.2. The molecule has 4 rings (SSSR count). The van der Waals surface area contributed by atoms with Gasteiger partial charge in [-0.05, 0) is 37.1 Å². The molecule has 29 heavy (non-hydrogen) atoms. The number of benzene rings is 1. The fraction of sp³-hybridized carbons (Fsp3) is 0.364. The minimum Gasteiger partial charge on any atom is -0.342 e. The minimum atomic E-state index is -0.315. The van der Waals surface area contributed by atoms with Gasteiger partial charge in [0.15, 0.2) is 0 Å². The van der Waals surface area contributed by atoms with Gasteiger partial charge in [0, 0.05) is 55.7 Å². The van der Waals surface area contributed by atoms with Crippen LogP contribution in [0.2, 0.25) is 0 Å². The van der Waals surface area contributed by atoms with Crippen LogP contribution in [0.3, 0.4) is 0 Å². The number of rotatable bonds is 4. The maximum Gasteiger partial charge on any atom is 0.228 e. The van der Waals surface area contributed by atoms with Gasteiger partial charge in [-0.3, -0.25) is 19.4 Å². The van der Waals surface area contributed by atoms with E-state index in [1.165, 1.54) is 0 Å². The number of likely N-dealkylation sites (tertiary alicyclic amines) is 1. The Labute approximate surface area is 169 Å². The highest BCUT2D eigenvalue weighted by Gasteiger charge is 2.38. The summed E-state index contributed by atoms with van der Waals surface area (Å²) in [5, 5.41) is 2.91. The molecule has 1 atom stereocenters. The van der Waals surface area contributed by atoms with Gasteiger partial charge >= 0.3 is 0 Å². The third-order valence-corrected chi connectivity index (χ3v) is 5.67. The average Bonchev–Trinajstić information content (AvgIpc) is 3.16. The number of amides is 3. The van der Waals surface area contributed by atoms with Crippen molar-refractivity contribution < 1.29 is 14.4 Å². The number of pyridine rings is 1. The van der Waals surface area contributed by atoms with E-state index in [4.69, 9.17) is 0 Å². The van der Waals surface area contributed by atoms with Crippen LogP contribution in [0.5, 0.6) is 0 Å². The third kappa shape index (κ3) is 4.29. The Bertz CT molecular complexity index is 879. The normalized spacial score (nSPS) is 20.0. The highest BCUT2D eigenvalue weighted by molar-refractivity contribution is 6.00. The maximum absolute atomic E-state index is 12.9. The van der Waals surface area contributed by atoms with Crippen LogP contribution >= 0.6 is 0 Å². The lowest BCUT2D eigenvalue weighted by molar-refractivity contribution is -0.138. The summed E-state index contributed by atoms with van der Waals surface area (Å²) in [6, 6.07) is 13.0. The summed E-state index contributed by atoms with van der Waals surface area (Å²) in [7, 11) is 0. The van der Waals surface area contributed by atoms with Gasteiger partial charge in [0.25, 0.3) is 0 Å². The van der Waals surface area contributed by atoms with Crippen molar-refractivity contribution in [1.29, 1.82) is 0 Å². The molecule has 150 valence electrons. The summed E-state index contributed by atoms with van der Waals surface area (Å²) < 4.78 is 0. The lowest BCUT2D eigenvalue weighted by atomic mass is 9.94. The number of nitrogens with zero attached hydrogens (tertiary/aromatic N) is 3. The second-order valence-corrected chi connectivity index (χ2v) is 7.57. The monoisotopic (exact) mass is 392 g/mol. The van der Waals surface area contributed by atoms with Crippen molar-refractivity contribution in [1.82, 2.24) is 9.88 Å². The molecule has 0 saturated carbocycles. The Morgan fingerprint density at radius 1 is 0.966 bits per heavy atom. The zero-order chi connectivity index (χ0) is 20.2. The number of para-hydroxylation sites is 1. The molecule has 0 aliphatic carbocycles. The standard InChI is InChI=1S/C22H24N4O3/c27-20-14-17(15-26(20)19-4-2-1-3-5-19)22(29)25-12-8-16(9-13-25)21(28)24-18-6-10-23-11-7-18/h1-7,10-11,16-17H,8-9,12-15H2,(H,23,24,28). The summed E-state index contributed by atoms with van der Waals surface area (Å²) in [6.45, 7) is 1.51. The Hall–Kier alpha value is -3.22. The molecule has 1 aromatic heterocycles. The van der Waals surface area contributed by atoms with Gasteiger partial charge in [-0.1, -0.05) is 18.2 Å². The van der Waals surface area contributed by atoms with E-state index in [2.05, 4.69) is 10.3 Å². The van der Waals surface area contributed by atoms with Crippen molar-refractivity contribution >= 4 is 29.1 Å². The van der Waals surface area contributed by atoms with E-state index >= 15 is 0 Å².